The van der Waals surface area contributed by atoms with E-state index < -0.39 is 17.7 Å². The van der Waals surface area contributed by atoms with E-state index in [0.29, 0.717) is 4.47 Å². The van der Waals surface area contributed by atoms with Gasteiger partial charge in [0, 0.05) is 21.8 Å². The van der Waals surface area contributed by atoms with Gasteiger partial charge in [0.25, 0.3) is 0 Å². The molecule has 1 unspecified atom stereocenters. The maximum atomic E-state index is 14.1. The summed E-state index contributed by atoms with van der Waals surface area (Å²) in [4.78, 5) is 3.64. The zero-order chi connectivity index (χ0) is 14.0. The summed E-state index contributed by atoms with van der Waals surface area (Å²) in [6, 6.07) is 3.63. The van der Waals surface area contributed by atoms with Crippen molar-refractivity contribution in [1.82, 2.24) is 10.4 Å². The second-order valence-electron chi connectivity index (χ2n) is 3.76. The van der Waals surface area contributed by atoms with Gasteiger partial charge in [-0.2, -0.15) is 0 Å². The number of hydrogen-bond acceptors (Lipinski definition) is 3. The molecule has 0 radical (unpaired) electrons. The molecule has 1 aromatic carbocycles. The smallest absolute Gasteiger partial charge is 0.148 e. The van der Waals surface area contributed by atoms with Gasteiger partial charge in [-0.15, -0.1) is 0 Å². The molecule has 0 spiro atoms. The Kier molecular flexibility index (Phi) is 4.46. The van der Waals surface area contributed by atoms with Crippen LogP contribution in [0.4, 0.5) is 8.78 Å². The highest BCUT2D eigenvalue weighted by atomic mass is 79.9. The van der Waals surface area contributed by atoms with Crippen molar-refractivity contribution >= 4 is 27.5 Å². The molecule has 3 N–H and O–H groups in total. The third-order valence-corrected chi connectivity index (χ3v) is 3.92. The van der Waals surface area contributed by atoms with E-state index >= 15 is 0 Å². The van der Waals surface area contributed by atoms with Gasteiger partial charge >= 0.3 is 0 Å². The van der Waals surface area contributed by atoms with Gasteiger partial charge in [0.1, 0.15) is 11.6 Å². The highest BCUT2D eigenvalue weighted by Gasteiger charge is 2.22. The normalized spacial score (nSPS) is 12.5. The molecular weight excluding hydrogens is 340 g/mol. The second kappa shape index (κ2) is 5.92. The fourth-order valence-corrected chi connectivity index (χ4v) is 2.21. The lowest BCUT2D eigenvalue weighted by Crippen LogP contribution is -2.30. The van der Waals surface area contributed by atoms with E-state index in [2.05, 4.69) is 26.3 Å². The Morgan fingerprint density at radius 1 is 1.26 bits per heavy atom. The van der Waals surface area contributed by atoms with Crippen LogP contribution in [0.3, 0.4) is 0 Å². The van der Waals surface area contributed by atoms with Crippen LogP contribution < -0.4 is 11.3 Å². The van der Waals surface area contributed by atoms with Crippen molar-refractivity contribution in [2.45, 2.75) is 6.04 Å². The van der Waals surface area contributed by atoms with Gasteiger partial charge in [-0.05, 0) is 28.1 Å². The summed E-state index contributed by atoms with van der Waals surface area (Å²) in [6.07, 6.45) is 2.44. The van der Waals surface area contributed by atoms with Gasteiger partial charge in [-0.25, -0.2) is 14.2 Å². The lowest BCUT2D eigenvalue weighted by molar-refractivity contribution is 0.528. The number of nitrogens with zero attached hydrogens (tertiary/aromatic N) is 1. The molecule has 19 heavy (non-hydrogen) atoms. The summed E-state index contributed by atoms with van der Waals surface area (Å²) >= 11 is 8.93. The molecule has 1 heterocycles. The number of hydrazine groups is 1. The zero-order valence-corrected chi connectivity index (χ0v) is 11.8. The van der Waals surface area contributed by atoms with Crippen LogP contribution >= 0.6 is 27.5 Å². The molecule has 3 nitrogen and oxygen atoms in total. The van der Waals surface area contributed by atoms with Gasteiger partial charge in [-0.3, -0.25) is 10.8 Å². The van der Waals surface area contributed by atoms with E-state index in [9.17, 15) is 8.78 Å². The fourth-order valence-electron chi connectivity index (χ4n) is 1.73. The highest BCUT2D eigenvalue weighted by Crippen LogP contribution is 2.33. The van der Waals surface area contributed by atoms with Crippen molar-refractivity contribution in [1.29, 1.82) is 0 Å². The number of rotatable bonds is 3. The van der Waals surface area contributed by atoms with E-state index in [4.69, 9.17) is 17.4 Å². The number of benzene rings is 1. The Labute approximate surface area is 121 Å². The SMILES string of the molecule is NNC(c1ccncc1F)c1ccc(Br)c(Cl)c1F. The number of aromatic nitrogens is 1. The van der Waals surface area contributed by atoms with Crippen molar-refractivity contribution in [2.24, 2.45) is 5.84 Å². The Morgan fingerprint density at radius 2 is 2.00 bits per heavy atom. The van der Waals surface area contributed by atoms with E-state index in [1.165, 1.54) is 18.3 Å². The lowest BCUT2D eigenvalue weighted by atomic mass is 9.99. The van der Waals surface area contributed by atoms with E-state index in [1.54, 1.807) is 6.07 Å². The molecule has 2 rings (SSSR count). The molecule has 1 aromatic heterocycles. The van der Waals surface area contributed by atoms with Crippen molar-refractivity contribution < 1.29 is 8.78 Å². The maximum absolute atomic E-state index is 14.1. The van der Waals surface area contributed by atoms with Gasteiger partial charge in [0.15, 0.2) is 0 Å². The van der Waals surface area contributed by atoms with E-state index in [0.717, 1.165) is 6.20 Å². The first-order valence-electron chi connectivity index (χ1n) is 5.25. The molecule has 0 bridgehead atoms. The van der Waals surface area contributed by atoms with Gasteiger partial charge < -0.3 is 0 Å². The molecule has 0 amide bonds. The lowest BCUT2D eigenvalue weighted by Gasteiger charge is -2.18. The number of nitrogens with one attached hydrogen (secondary N) is 1. The van der Waals surface area contributed by atoms with E-state index in [1.807, 2.05) is 0 Å². The monoisotopic (exact) mass is 347 g/mol. The molecule has 1 atom stereocenters. The summed E-state index contributed by atoms with van der Waals surface area (Å²) < 4.78 is 28.2. The van der Waals surface area contributed by atoms with Crippen LogP contribution in [-0.4, -0.2) is 4.98 Å². The molecule has 0 saturated carbocycles. The van der Waals surface area contributed by atoms with E-state index in [-0.39, 0.29) is 16.1 Å². The summed E-state index contributed by atoms with van der Waals surface area (Å²) in [5.74, 6) is 4.17. The minimum Gasteiger partial charge on any atom is -0.271 e. The van der Waals surface area contributed by atoms with Crippen molar-refractivity contribution in [3.63, 3.8) is 0 Å². The molecule has 7 heteroatoms. The number of halogens is 4. The molecule has 0 fully saturated rings. The first-order chi connectivity index (χ1) is 9.06. The minimum atomic E-state index is -0.853. The molecule has 100 valence electrons. The largest absolute Gasteiger partial charge is 0.271 e. The van der Waals surface area contributed by atoms with Crippen molar-refractivity contribution in [3.8, 4) is 0 Å². The Bertz CT molecular complexity index is 610. The second-order valence-corrected chi connectivity index (χ2v) is 4.99. The number of pyridine rings is 1. The molecule has 0 saturated heterocycles. The number of hydrogen-bond donors (Lipinski definition) is 2. The quantitative estimate of drug-likeness (QED) is 0.508. The first-order valence-corrected chi connectivity index (χ1v) is 6.42. The first kappa shape index (κ1) is 14.3. The Balaban J connectivity index is 2.55. The summed E-state index contributed by atoms with van der Waals surface area (Å²) in [5.41, 5.74) is 2.72. The predicted molar refractivity (Wildman–Crippen MR) is 72.5 cm³/mol. The molecule has 0 aliphatic rings. The topological polar surface area (TPSA) is 50.9 Å². The highest BCUT2D eigenvalue weighted by molar-refractivity contribution is 9.10. The van der Waals surface area contributed by atoms with Gasteiger partial charge in [-0.1, -0.05) is 17.7 Å². The van der Waals surface area contributed by atoms with Crippen LogP contribution in [0.5, 0.6) is 0 Å². The predicted octanol–water partition coefficient (Wildman–Crippen LogP) is 3.33. The van der Waals surface area contributed by atoms with Crippen molar-refractivity contribution in [3.05, 3.63) is 62.8 Å². The summed E-state index contributed by atoms with van der Waals surface area (Å²) in [5, 5.41) is -0.0767. The maximum Gasteiger partial charge on any atom is 0.148 e. The van der Waals surface area contributed by atoms with Crippen LogP contribution in [0.25, 0.3) is 0 Å². The molecule has 0 aliphatic heterocycles. The molecular formula is C12H9BrClF2N3. The summed E-state index contributed by atoms with van der Waals surface area (Å²) in [6.45, 7) is 0. The van der Waals surface area contributed by atoms with Gasteiger partial charge in [0.2, 0.25) is 0 Å². The van der Waals surface area contributed by atoms with Crippen LogP contribution in [0, 0.1) is 11.6 Å². The van der Waals surface area contributed by atoms with Crippen LogP contribution in [0.15, 0.2) is 35.1 Å². The standard InChI is InChI=1S/C12H9BrClF2N3/c13-8-2-1-7(11(16)10(8)14)12(19-17)6-3-4-18-5-9(6)15/h1-5,12,19H,17H2. The Hall–Kier alpha value is -1.08. The zero-order valence-electron chi connectivity index (χ0n) is 9.50. The average Bonchev–Trinajstić information content (AvgIpc) is 2.41. The third-order valence-electron chi connectivity index (χ3n) is 2.66. The summed E-state index contributed by atoms with van der Waals surface area (Å²) in [7, 11) is 0. The van der Waals surface area contributed by atoms with Crippen LogP contribution in [0.2, 0.25) is 5.02 Å². The van der Waals surface area contributed by atoms with Crippen molar-refractivity contribution in [2.75, 3.05) is 0 Å². The minimum absolute atomic E-state index is 0.0767. The molecule has 2 aromatic rings. The fraction of sp³-hybridized carbons (Fsp3) is 0.0833. The Morgan fingerprint density at radius 3 is 2.63 bits per heavy atom. The molecule has 0 aliphatic carbocycles. The third kappa shape index (κ3) is 2.76. The van der Waals surface area contributed by atoms with Crippen LogP contribution in [0.1, 0.15) is 17.2 Å². The average molecular weight is 349 g/mol. The van der Waals surface area contributed by atoms with Gasteiger partial charge in [0.05, 0.1) is 17.3 Å². The van der Waals surface area contributed by atoms with Crippen LogP contribution in [-0.2, 0) is 0 Å². The number of nitrogens with two attached hydrogens (primary N) is 1.